The second kappa shape index (κ2) is 5.94. The van der Waals surface area contributed by atoms with Crippen LogP contribution in [0.25, 0.3) is 0 Å². The first-order valence-electron chi connectivity index (χ1n) is 6.72. The zero-order chi connectivity index (χ0) is 15.6. The third-order valence-corrected chi connectivity index (χ3v) is 3.66. The smallest absolute Gasteiger partial charge is 0.332 e. The van der Waals surface area contributed by atoms with Crippen LogP contribution in [0.1, 0.15) is 25.1 Å². The molecular formula is C13H18N4O4. The van der Waals surface area contributed by atoms with Crippen LogP contribution in [-0.4, -0.2) is 50.7 Å². The van der Waals surface area contributed by atoms with Crippen molar-refractivity contribution in [3.63, 3.8) is 0 Å². The minimum atomic E-state index is -1.17. The minimum absolute atomic E-state index is 0.0786. The zero-order valence-electron chi connectivity index (χ0n) is 11.9. The van der Waals surface area contributed by atoms with Gasteiger partial charge in [-0.25, -0.2) is 4.79 Å². The van der Waals surface area contributed by atoms with E-state index in [1.54, 1.807) is 11.9 Å². The second-order valence-corrected chi connectivity index (χ2v) is 4.99. The molecule has 8 heteroatoms. The van der Waals surface area contributed by atoms with Crippen LogP contribution in [0.3, 0.4) is 0 Å². The van der Waals surface area contributed by atoms with Crippen molar-refractivity contribution in [3.05, 3.63) is 18.0 Å². The fraction of sp³-hybridized carbons (Fsp3) is 0.538. The fourth-order valence-electron chi connectivity index (χ4n) is 2.44. The van der Waals surface area contributed by atoms with Crippen molar-refractivity contribution in [2.45, 2.75) is 19.4 Å². The molecule has 2 heterocycles. The number of rotatable bonds is 5. The topological polar surface area (TPSA) is 105 Å². The van der Waals surface area contributed by atoms with Gasteiger partial charge in [0.1, 0.15) is 0 Å². The van der Waals surface area contributed by atoms with E-state index in [4.69, 9.17) is 0 Å². The number of amides is 2. The van der Waals surface area contributed by atoms with Crippen molar-refractivity contribution < 1.29 is 19.5 Å². The number of aryl methyl sites for hydroxylation is 1. The van der Waals surface area contributed by atoms with E-state index in [1.807, 2.05) is 6.92 Å². The molecule has 2 N–H and O–H groups in total. The van der Waals surface area contributed by atoms with Crippen molar-refractivity contribution in [2.75, 3.05) is 13.1 Å². The average Bonchev–Trinajstić information content (AvgIpc) is 3.01. The molecule has 1 aromatic heterocycles. The number of carbonyl (C=O) groups is 3. The highest BCUT2D eigenvalue weighted by Crippen LogP contribution is 2.19. The van der Waals surface area contributed by atoms with Gasteiger partial charge in [0.15, 0.2) is 6.04 Å². The Morgan fingerprint density at radius 2 is 2.29 bits per heavy atom. The van der Waals surface area contributed by atoms with Crippen molar-refractivity contribution in [3.8, 4) is 0 Å². The summed E-state index contributed by atoms with van der Waals surface area (Å²) < 4.78 is 1.40. The summed E-state index contributed by atoms with van der Waals surface area (Å²) in [4.78, 5) is 36.8. The van der Waals surface area contributed by atoms with Gasteiger partial charge in [-0.1, -0.05) is 0 Å². The van der Waals surface area contributed by atoms with Gasteiger partial charge in [0.05, 0.1) is 11.6 Å². The Kier molecular flexibility index (Phi) is 4.25. The van der Waals surface area contributed by atoms with Gasteiger partial charge in [-0.05, 0) is 13.0 Å². The lowest BCUT2D eigenvalue weighted by Crippen LogP contribution is -2.39. The van der Waals surface area contributed by atoms with Gasteiger partial charge in [-0.15, -0.1) is 0 Å². The number of nitrogens with one attached hydrogen (secondary N) is 1. The molecule has 1 saturated heterocycles. The number of hydrogen-bond acceptors (Lipinski definition) is 4. The summed E-state index contributed by atoms with van der Waals surface area (Å²) in [7, 11) is 1.61. The SMILES string of the molecule is CCN1CC(C(=O)NC(C(=O)O)c2ccnn2C)CC1=O. The minimum Gasteiger partial charge on any atom is -0.479 e. The zero-order valence-corrected chi connectivity index (χ0v) is 11.9. The lowest BCUT2D eigenvalue weighted by Gasteiger charge is -2.18. The Morgan fingerprint density at radius 1 is 1.57 bits per heavy atom. The summed E-state index contributed by atoms with van der Waals surface area (Å²) in [6.07, 6.45) is 1.59. The third kappa shape index (κ3) is 3.04. The lowest BCUT2D eigenvalue weighted by molar-refractivity contribution is -0.142. The number of carbonyl (C=O) groups excluding carboxylic acids is 2. The first kappa shape index (κ1) is 15.0. The van der Waals surface area contributed by atoms with Gasteiger partial charge in [-0.2, -0.15) is 5.10 Å². The summed E-state index contributed by atoms with van der Waals surface area (Å²) in [5.41, 5.74) is 0.382. The van der Waals surface area contributed by atoms with Gasteiger partial charge < -0.3 is 15.3 Å². The molecular weight excluding hydrogens is 276 g/mol. The first-order chi connectivity index (χ1) is 9.93. The van der Waals surface area contributed by atoms with Crippen LogP contribution < -0.4 is 5.32 Å². The molecule has 0 radical (unpaired) electrons. The molecule has 0 aromatic carbocycles. The molecule has 2 unspecified atom stereocenters. The molecule has 21 heavy (non-hydrogen) atoms. The largest absolute Gasteiger partial charge is 0.479 e. The standard InChI is InChI=1S/C13H18N4O4/c1-3-17-7-8(6-10(17)18)12(19)15-11(13(20)21)9-4-5-14-16(9)2/h4-5,8,11H,3,6-7H2,1-2H3,(H,15,19)(H,20,21). The van der Waals surface area contributed by atoms with Crippen LogP contribution in [0.2, 0.25) is 0 Å². The number of hydrogen-bond donors (Lipinski definition) is 2. The first-order valence-corrected chi connectivity index (χ1v) is 6.72. The van der Waals surface area contributed by atoms with Crippen molar-refractivity contribution in [2.24, 2.45) is 13.0 Å². The van der Waals surface area contributed by atoms with Crippen molar-refractivity contribution >= 4 is 17.8 Å². The average molecular weight is 294 g/mol. The van der Waals surface area contributed by atoms with Gasteiger partial charge >= 0.3 is 5.97 Å². The van der Waals surface area contributed by atoms with E-state index in [9.17, 15) is 19.5 Å². The molecule has 1 aliphatic rings. The van der Waals surface area contributed by atoms with Crippen LogP contribution in [0, 0.1) is 5.92 Å². The van der Waals surface area contributed by atoms with Gasteiger partial charge in [-0.3, -0.25) is 14.3 Å². The van der Waals surface area contributed by atoms with Crippen LogP contribution >= 0.6 is 0 Å². The Labute approximate surface area is 121 Å². The quantitative estimate of drug-likeness (QED) is 0.764. The maximum absolute atomic E-state index is 12.2. The molecule has 2 atom stereocenters. The molecule has 1 fully saturated rings. The molecule has 2 rings (SSSR count). The summed E-state index contributed by atoms with van der Waals surface area (Å²) in [6.45, 7) is 2.72. The maximum atomic E-state index is 12.2. The number of aromatic nitrogens is 2. The molecule has 0 aliphatic carbocycles. The summed E-state index contributed by atoms with van der Waals surface area (Å²) in [6, 6.07) is 0.368. The Bertz CT molecular complexity index is 568. The molecule has 0 saturated carbocycles. The van der Waals surface area contributed by atoms with Crippen molar-refractivity contribution in [1.29, 1.82) is 0 Å². The molecule has 8 nitrogen and oxygen atoms in total. The molecule has 114 valence electrons. The normalized spacial score (nSPS) is 19.6. The Morgan fingerprint density at radius 3 is 2.76 bits per heavy atom. The van der Waals surface area contributed by atoms with Crippen LogP contribution in [0.4, 0.5) is 0 Å². The second-order valence-electron chi connectivity index (χ2n) is 4.99. The number of aliphatic carboxylic acids is 1. The van der Waals surface area contributed by atoms with Gasteiger partial charge in [0, 0.05) is 32.8 Å². The predicted molar refractivity (Wildman–Crippen MR) is 72.1 cm³/mol. The number of likely N-dealkylation sites (tertiary alicyclic amines) is 1. The van der Waals surface area contributed by atoms with E-state index < -0.39 is 23.8 Å². The van der Waals surface area contributed by atoms with E-state index in [0.717, 1.165) is 0 Å². The molecule has 1 aromatic rings. The highest BCUT2D eigenvalue weighted by Gasteiger charge is 2.35. The molecule has 1 aliphatic heterocycles. The molecule has 0 bridgehead atoms. The number of nitrogens with zero attached hydrogens (tertiary/aromatic N) is 3. The summed E-state index contributed by atoms with van der Waals surface area (Å²) in [5.74, 6) is -2.17. The Hall–Kier alpha value is -2.38. The highest BCUT2D eigenvalue weighted by molar-refractivity contribution is 5.91. The monoisotopic (exact) mass is 294 g/mol. The van der Waals surface area contributed by atoms with Gasteiger partial charge in [0.2, 0.25) is 11.8 Å². The van der Waals surface area contributed by atoms with E-state index in [2.05, 4.69) is 10.4 Å². The summed E-state index contributed by atoms with van der Waals surface area (Å²) in [5, 5.41) is 15.7. The fourth-order valence-corrected chi connectivity index (χ4v) is 2.44. The van der Waals surface area contributed by atoms with Crippen LogP contribution in [0.5, 0.6) is 0 Å². The van der Waals surface area contributed by atoms with E-state index in [1.165, 1.54) is 16.9 Å². The molecule has 0 spiro atoms. The van der Waals surface area contributed by atoms with E-state index in [0.29, 0.717) is 18.8 Å². The Balaban J connectivity index is 2.08. The van der Waals surface area contributed by atoms with Crippen LogP contribution in [0.15, 0.2) is 12.3 Å². The lowest BCUT2D eigenvalue weighted by atomic mass is 10.1. The third-order valence-electron chi connectivity index (χ3n) is 3.66. The van der Waals surface area contributed by atoms with E-state index >= 15 is 0 Å². The summed E-state index contributed by atoms with van der Waals surface area (Å²) >= 11 is 0. The maximum Gasteiger partial charge on any atom is 0.332 e. The number of carboxylic acid groups (broad SMARTS) is 1. The van der Waals surface area contributed by atoms with Crippen LogP contribution in [-0.2, 0) is 21.4 Å². The van der Waals surface area contributed by atoms with Gasteiger partial charge in [0.25, 0.3) is 0 Å². The predicted octanol–water partition coefficient (Wildman–Crippen LogP) is -0.470. The van der Waals surface area contributed by atoms with E-state index in [-0.39, 0.29) is 12.3 Å². The highest BCUT2D eigenvalue weighted by atomic mass is 16.4. The van der Waals surface area contributed by atoms with Crippen molar-refractivity contribution in [1.82, 2.24) is 20.0 Å². The number of carboxylic acids is 1. The molecule has 2 amide bonds.